The Morgan fingerprint density at radius 3 is 2.38 bits per heavy atom. The van der Waals surface area contributed by atoms with Crippen LogP contribution in [-0.2, 0) is 0 Å². The molecular weight excluding hydrogens is 350 g/mol. The summed E-state index contributed by atoms with van der Waals surface area (Å²) in [6, 6.07) is 22.6. The summed E-state index contributed by atoms with van der Waals surface area (Å²) >= 11 is 1.90. The first-order valence-electron chi connectivity index (χ1n) is 8.99. The van der Waals surface area contributed by atoms with Crippen LogP contribution in [0.15, 0.2) is 66.9 Å². The number of benzene rings is 3. The molecule has 0 atom stereocenters. The van der Waals surface area contributed by atoms with Gasteiger partial charge in [0, 0.05) is 31.9 Å². The van der Waals surface area contributed by atoms with Gasteiger partial charge in [0.15, 0.2) is 0 Å². The van der Waals surface area contributed by atoms with Crippen LogP contribution in [0.5, 0.6) is 0 Å². The van der Waals surface area contributed by atoms with Gasteiger partial charge in [-0.25, -0.2) is 0 Å². The molecule has 1 aliphatic heterocycles. The van der Waals surface area contributed by atoms with Crippen molar-refractivity contribution < 1.29 is 0 Å². The van der Waals surface area contributed by atoms with Gasteiger partial charge in [-0.15, -0.1) is 11.3 Å². The highest BCUT2D eigenvalue weighted by Crippen LogP contribution is 2.41. The number of nitrogens with zero attached hydrogens (tertiary/aromatic N) is 1. The zero-order valence-electron chi connectivity index (χ0n) is 14.7. The topological polar surface area (TPSA) is 12.9 Å². The van der Waals surface area contributed by atoms with Crippen LogP contribution < -0.4 is 10.4 Å². The van der Waals surface area contributed by atoms with Crippen molar-refractivity contribution in [2.45, 2.75) is 13.1 Å². The Kier molecular flexibility index (Phi) is 2.71. The van der Waals surface area contributed by atoms with Crippen LogP contribution in [-0.4, -0.2) is 13.1 Å². The van der Waals surface area contributed by atoms with Crippen LogP contribution in [0.4, 0.5) is 0 Å². The number of thiophene rings is 1. The van der Waals surface area contributed by atoms with Crippen LogP contribution in [0.25, 0.3) is 42.2 Å². The van der Waals surface area contributed by atoms with Crippen LogP contribution >= 0.6 is 11.3 Å². The van der Waals surface area contributed by atoms with E-state index in [1.54, 1.807) is 5.19 Å². The molecule has 0 amide bonds. The second-order valence-electron chi connectivity index (χ2n) is 7.68. The van der Waals surface area contributed by atoms with Gasteiger partial charge in [-0.3, -0.25) is 4.98 Å². The summed E-state index contributed by atoms with van der Waals surface area (Å²) in [5.41, 5.74) is 2.50. The summed E-state index contributed by atoms with van der Waals surface area (Å²) in [7, 11) is -1.85. The van der Waals surface area contributed by atoms with E-state index in [2.05, 4.69) is 73.8 Å². The summed E-state index contributed by atoms with van der Waals surface area (Å²) < 4.78 is 2.74. The van der Waals surface area contributed by atoms with E-state index >= 15 is 0 Å². The Hall–Kier alpha value is -2.49. The second kappa shape index (κ2) is 4.81. The van der Waals surface area contributed by atoms with E-state index in [1.165, 1.54) is 47.4 Å². The van der Waals surface area contributed by atoms with E-state index in [0.29, 0.717) is 0 Å². The van der Waals surface area contributed by atoms with Crippen LogP contribution in [0.3, 0.4) is 0 Å². The van der Waals surface area contributed by atoms with Gasteiger partial charge in [-0.1, -0.05) is 55.6 Å². The highest BCUT2D eigenvalue weighted by atomic mass is 32.1. The minimum absolute atomic E-state index is 1.17. The molecule has 1 nitrogen and oxygen atoms in total. The molecule has 0 saturated carbocycles. The minimum atomic E-state index is -1.85. The second-order valence-corrected chi connectivity index (χ2v) is 13.1. The molecule has 0 fully saturated rings. The van der Waals surface area contributed by atoms with Gasteiger partial charge in [0.05, 0.1) is 5.69 Å². The maximum atomic E-state index is 4.89. The van der Waals surface area contributed by atoms with E-state index in [9.17, 15) is 0 Å². The van der Waals surface area contributed by atoms with Crippen molar-refractivity contribution in [1.29, 1.82) is 0 Å². The molecule has 6 rings (SSSR count). The third-order valence-corrected chi connectivity index (χ3v) is 10.5. The summed E-state index contributed by atoms with van der Waals surface area (Å²) in [6.45, 7) is 4.98. The van der Waals surface area contributed by atoms with E-state index in [0.717, 1.165) is 0 Å². The van der Waals surface area contributed by atoms with Gasteiger partial charge in [-0.05, 0) is 39.3 Å². The number of fused-ring (bicyclic) bond motifs is 3. The molecule has 3 heterocycles. The zero-order chi connectivity index (χ0) is 17.5. The van der Waals surface area contributed by atoms with Crippen LogP contribution in [0.2, 0.25) is 13.1 Å². The lowest BCUT2D eigenvalue weighted by Crippen LogP contribution is -2.53. The molecule has 0 radical (unpaired) electrons. The molecule has 0 aliphatic carbocycles. The standard InChI is InChI=1S/C23H17NSSi/c1-26(2)19-9-5-8-17-21(19)22-18(25-17)10-11-24-23(22)16-12-14-6-3-4-7-15(14)13-20(16)26/h3-13H,1-2H3. The molecule has 0 N–H and O–H groups in total. The maximum absolute atomic E-state index is 4.89. The molecular formula is C23H17NSSi. The lowest BCUT2D eigenvalue weighted by Gasteiger charge is -2.26. The third-order valence-electron chi connectivity index (χ3n) is 5.90. The Balaban J connectivity index is 1.92. The predicted octanol–water partition coefficient (Wildman–Crippen LogP) is 5.41. The summed E-state index contributed by atoms with van der Waals surface area (Å²) in [6.07, 6.45) is 1.98. The SMILES string of the molecule is C[Si]1(C)c2cc3ccccc3cc2-c2nccc3sc4cccc1c4c23. The Bertz CT molecular complexity index is 1360. The molecule has 124 valence electrons. The zero-order valence-corrected chi connectivity index (χ0v) is 16.5. The fourth-order valence-electron chi connectivity index (χ4n) is 4.59. The molecule has 0 saturated heterocycles. The van der Waals surface area contributed by atoms with Crippen molar-refractivity contribution in [2.75, 3.05) is 0 Å². The van der Waals surface area contributed by atoms with Gasteiger partial charge >= 0.3 is 0 Å². The largest absolute Gasteiger partial charge is 0.256 e. The quantitative estimate of drug-likeness (QED) is 0.334. The van der Waals surface area contributed by atoms with E-state index < -0.39 is 8.07 Å². The van der Waals surface area contributed by atoms with E-state index in [4.69, 9.17) is 4.98 Å². The molecule has 1 aliphatic rings. The molecule has 5 aromatic rings. The fraction of sp³-hybridized carbons (Fsp3) is 0.0870. The summed E-state index contributed by atoms with van der Waals surface area (Å²) in [5, 5.41) is 8.49. The number of rotatable bonds is 0. The third kappa shape index (κ3) is 1.72. The molecule has 2 aromatic heterocycles. The van der Waals surface area contributed by atoms with Gasteiger partial charge in [-0.2, -0.15) is 0 Å². The first-order valence-corrected chi connectivity index (χ1v) is 12.8. The minimum Gasteiger partial charge on any atom is -0.256 e. The average molecular weight is 368 g/mol. The fourth-order valence-corrected chi connectivity index (χ4v) is 8.87. The van der Waals surface area contributed by atoms with Gasteiger partial charge in [0.25, 0.3) is 0 Å². The number of aromatic nitrogens is 1. The van der Waals surface area contributed by atoms with E-state index in [-0.39, 0.29) is 0 Å². The highest BCUT2D eigenvalue weighted by Gasteiger charge is 2.35. The Morgan fingerprint density at radius 1 is 0.769 bits per heavy atom. The normalized spacial score (nSPS) is 14.8. The Morgan fingerprint density at radius 2 is 1.54 bits per heavy atom. The van der Waals surface area contributed by atoms with Crippen molar-refractivity contribution >= 4 is 60.7 Å². The van der Waals surface area contributed by atoms with Crippen molar-refractivity contribution in [1.82, 2.24) is 4.98 Å². The average Bonchev–Trinajstić information content (AvgIpc) is 3.02. The molecule has 0 bridgehead atoms. The van der Waals surface area contributed by atoms with Crippen molar-refractivity contribution in [3.05, 3.63) is 66.9 Å². The lowest BCUT2D eigenvalue weighted by atomic mass is 10.0. The Labute approximate surface area is 156 Å². The summed E-state index contributed by atoms with van der Waals surface area (Å²) in [4.78, 5) is 4.89. The molecule has 3 aromatic carbocycles. The van der Waals surface area contributed by atoms with Crippen molar-refractivity contribution in [3.63, 3.8) is 0 Å². The first kappa shape index (κ1) is 14.7. The molecule has 0 spiro atoms. The molecule has 0 unspecified atom stereocenters. The first-order chi connectivity index (χ1) is 12.6. The smallest absolute Gasteiger partial charge is 0.114 e. The number of pyridine rings is 1. The molecule has 3 heteroatoms. The van der Waals surface area contributed by atoms with Crippen LogP contribution in [0.1, 0.15) is 0 Å². The van der Waals surface area contributed by atoms with Crippen molar-refractivity contribution in [2.24, 2.45) is 0 Å². The maximum Gasteiger partial charge on any atom is 0.114 e. The lowest BCUT2D eigenvalue weighted by molar-refractivity contribution is 1.37. The van der Waals surface area contributed by atoms with Gasteiger partial charge in [0.2, 0.25) is 0 Å². The summed E-state index contributed by atoms with van der Waals surface area (Å²) in [5.74, 6) is 0. The van der Waals surface area contributed by atoms with E-state index in [1.807, 2.05) is 17.5 Å². The predicted molar refractivity (Wildman–Crippen MR) is 117 cm³/mol. The van der Waals surface area contributed by atoms with Crippen molar-refractivity contribution in [3.8, 4) is 11.3 Å². The molecule has 26 heavy (non-hydrogen) atoms. The number of hydrogen-bond acceptors (Lipinski definition) is 2. The highest BCUT2D eigenvalue weighted by molar-refractivity contribution is 7.26. The van der Waals surface area contributed by atoms with Gasteiger partial charge in [0.1, 0.15) is 8.07 Å². The number of hydrogen-bond donors (Lipinski definition) is 0. The monoisotopic (exact) mass is 367 g/mol. The van der Waals surface area contributed by atoms with Crippen LogP contribution in [0, 0.1) is 0 Å². The van der Waals surface area contributed by atoms with Gasteiger partial charge < -0.3 is 0 Å².